The summed E-state index contributed by atoms with van der Waals surface area (Å²) < 4.78 is 22.2. The number of aryl methyl sites for hydroxylation is 1. The Morgan fingerprint density at radius 1 is 1.32 bits per heavy atom. The molecule has 2 heterocycles. The van der Waals surface area contributed by atoms with Crippen LogP contribution >= 0.6 is 0 Å². The fourth-order valence-corrected chi connectivity index (χ4v) is 3.25. The normalized spacial score (nSPS) is 18.8. The third-order valence-corrected chi connectivity index (χ3v) is 4.51. The topological polar surface area (TPSA) is 27.1 Å². The average molecular weight is 342 g/mol. The number of hydrogen-bond donors (Lipinski definition) is 0. The molecule has 1 aliphatic rings. The van der Waals surface area contributed by atoms with E-state index in [4.69, 9.17) is 4.74 Å². The van der Waals surface area contributed by atoms with E-state index < -0.39 is 0 Å². The zero-order valence-corrected chi connectivity index (χ0v) is 15.3. The van der Waals surface area contributed by atoms with E-state index in [1.807, 2.05) is 23.7 Å². The van der Waals surface area contributed by atoms with Crippen molar-refractivity contribution in [2.24, 2.45) is 5.92 Å². The molecule has 2 aromatic rings. The number of rotatable bonds is 5. The standard InChI is InChI=1S/C21H27FN2O/c1-15(2)12-17-7-9-18(10-8-17)14-19(22)20-13-16(3)24(23-20)21-6-4-5-11-25-21/h7-10,13-15,21H,4-6,11-12H2,1-3H3. The molecule has 0 saturated carbocycles. The van der Waals surface area contributed by atoms with E-state index in [0.717, 1.165) is 43.5 Å². The molecule has 1 saturated heterocycles. The zero-order chi connectivity index (χ0) is 17.8. The molecule has 1 aromatic carbocycles. The lowest BCUT2D eigenvalue weighted by Crippen LogP contribution is -2.20. The van der Waals surface area contributed by atoms with Crippen LogP contribution in [0.2, 0.25) is 0 Å². The van der Waals surface area contributed by atoms with Gasteiger partial charge in [0, 0.05) is 12.3 Å². The highest BCUT2D eigenvalue weighted by molar-refractivity contribution is 5.75. The van der Waals surface area contributed by atoms with Crippen LogP contribution in [-0.4, -0.2) is 16.4 Å². The van der Waals surface area contributed by atoms with Crippen molar-refractivity contribution in [3.8, 4) is 0 Å². The van der Waals surface area contributed by atoms with E-state index >= 15 is 0 Å². The zero-order valence-electron chi connectivity index (χ0n) is 15.3. The van der Waals surface area contributed by atoms with Gasteiger partial charge in [-0.25, -0.2) is 9.07 Å². The maximum Gasteiger partial charge on any atom is 0.151 e. The van der Waals surface area contributed by atoms with Gasteiger partial charge in [-0.2, -0.15) is 5.10 Å². The van der Waals surface area contributed by atoms with E-state index in [-0.39, 0.29) is 12.1 Å². The van der Waals surface area contributed by atoms with Crippen molar-refractivity contribution in [3.05, 3.63) is 52.8 Å². The summed E-state index contributed by atoms with van der Waals surface area (Å²) in [5.41, 5.74) is 3.43. The molecule has 0 bridgehead atoms. The summed E-state index contributed by atoms with van der Waals surface area (Å²) in [5.74, 6) is 0.307. The van der Waals surface area contributed by atoms with Gasteiger partial charge in [0.1, 0.15) is 11.9 Å². The van der Waals surface area contributed by atoms with Crippen LogP contribution in [-0.2, 0) is 11.2 Å². The molecule has 1 atom stereocenters. The minimum absolute atomic E-state index is 0.0642. The van der Waals surface area contributed by atoms with Crippen LogP contribution in [0.4, 0.5) is 4.39 Å². The van der Waals surface area contributed by atoms with Crippen LogP contribution in [0, 0.1) is 12.8 Å². The lowest BCUT2D eigenvalue weighted by Gasteiger charge is -2.23. The first-order valence-electron chi connectivity index (χ1n) is 9.17. The molecular weight excluding hydrogens is 315 g/mol. The van der Waals surface area contributed by atoms with E-state index in [2.05, 4.69) is 31.1 Å². The number of ether oxygens (including phenoxy) is 1. The molecule has 1 aliphatic heterocycles. The van der Waals surface area contributed by atoms with Gasteiger partial charge in [0.15, 0.2) is 5.83 Å². The first-order chi connectivity index (χ1) is 12.0. The predicted molar refractivity (Wildman–Crippen MR) is 99.8 cm³/mol. The minimum Gasteiger partial charge on any atom is -0.357 e. The predicted octanol–water partition coefficient (Wildman–Crippen LogP) is 5.56. The van der Waals surface area contributed by atoms with Crippen molar-refractivity contribution < 1.29 is 9.13 Å². The Balaban J connectivity index is 1.75. The second kappa shape index (κ2) is 7.96. The van der Waals surface area contributed by atoms with Crippen LogP contribution in [0.25, 0.3) is 11.9 Å². The lowest BCUT2D eigenvalue weighted by atomic mass is 10.0. The van der Waals surface area contributed by atoms with Gasteiger partial charge in [-0.1, -0.05) is 38.1 Å². The Kier molecular flexibility index (Phi) is 5.69. The lowest BCUT2D eigenvalue weighted by molar-refractivity contribution is -0.0407. The number of nitrogens with zero attached hydrogens (tertiary/aromatic N) is 2. The van der Waals surface area contributed by atoms with Crippen molar-refractivity contribution in [3.63, 3.8) is 0 Å². The van der Waals surface area contributed by atoms with Crippen LogP contribution in [0.1, 0.15) is 61.9 Å². The first kappa shape index (κ1) is 17.9. The van der Waals surface area contributed by atoms with Crippen molar-refractivity contribution in [1.29, 1.82) is 0 Å². The largest absolute Gasteiger partial charge is 0.357 e. The minimum atomic E-state index is -0.311. The number of aromatic nitrogens is 2. The summed E-state index contributed by atoms with van der Waals surface area (Å²) in [7, 11) is 0. The van der Waals surface area contributed by atoms with Gasteiger partial charge < -0.3 is 4.74 Å². The highest BCUT2D eigenvalue weighted by atomic mass is 19.1. The van der Waals surface area contributed by atoms with Gasteiger partial charge in [0.2, 0.25) is 0 Å². The van der Waals surface area contributed by atoms with E-state index in [0.29, 0.717) is 11.6 Å². The van der Waals surface area contributed by atoms with Crippen LogP contribution < -0.4 is 0 Å². The molecule has 0 N–H and O–H groups in total. The summed E-state index contributed by atoms with van der Waals surface area (Å²) in [4.78, 5) is 0. The molecule has 0 aliphatic carbocycles. The molecule has 3 rings (SSSR count). The first-order valence-corrected chi connectivity index (χ1v) is 9.17. The third kappa shape index (κ3) is 4.57. The van der Waals surface area contributed by atoms with Gasteiger partial charge in [-0.05, 0) is 61.8 Å². The Hall–Kier alpha value is -1.94. The van der Waals surface area contributed by atoms with Crippen LogP contribution in [0.3, 0.4) is 0 Å². The Morgan fingerprint density at radius 2 is 2.08 bits per heavy atom. The highest BCUT2D eigenvalue weighted by Crippen LogP contribution is 2.26. The molecule has 134 valence electrons. The van der Waals surface area contributed by atoms with E-state index in [9.17, 15) is 4.39 Å². The fourth-order valence-electron chi connectivity index (χ4n) is 3.25. The van der Waals surface area contributed by atoms with Crippen molar-refractivity contribution in [1.82, 2.24) is 9.78 Å². The van der Waals surface area contributed by atoms with Crippen molar-refractivity contribution in [2.75, 3.05) is 6.61 Å². The maximum atomic E-state index is 14.6. The summed E-state index contributed by atoms with van der Waals surface area (Å²) in [6.45, 7) is 7.09. The van der Waals surface area contributed by atoms with E-state index in [1.54, 1.807) is 12.1 Å². The average Bonchev–Trinajstić information content (AvgIpc) is 2.99. The number of hydrogen-bond acceptors (Lipinski definition) is 2. The fraction of sp³-hybridized carbons (Fsp3) is 0.476. The molecule has 1 fully saturated rings. The molecular formula is C21H27FN2O. The summed E-state index contributed by atoms with van der Waals surface area (Å²) in [6, 6.07) is 9.85. The number of halogens is 1. The van der Waals surface area contributed by atoms with Crippen LogP contribution in [0.15, 0.2) is 30.3 Å². The smallest absolute Gasteiger partial charge is 0.151 e. The van der Waals surface area contributed by atoms with Gasteiger partial charge in [-0.3, -0.25) is 0 Å². The number of benzene rings is 1. The Bertz CT molecular complexity index is 725. The molecule has 3 nitrogen and oxygen atoms in total. The second-order valence-corrected chi connectivity index (χ2v) is 7.27. The quantitative estimate of drug-likeness (QED) is 0.711. The molecule has 0 amide bonds. The summed E-state index contributed by atoms with van der Waals surface area (Å²) in [6.07, 6.45) is 5.67. The van der Waals surface area contributed by atoms with Crippen molar-refractivity contribution in [2.45, 2.75) is 52.7 Å². The maximum absolute atomic E-state index is 14.6. The molecule has 1 unspecified atom stereocenters. The Morgan fingerprint density at radius 3 is 2.72 bits per heavy atom. The third-order valence-electron chi connectivity index (χ3n) is 4.51. The van der Waals surface area contributed by atoms with Gasteiger partial charge in [0.25, 0.3) is 0 Å². The SMILES string of the molecule is Cc1cc(C(F)=Cc2ccc(CC(C)C)cc2)nn1C1CCCCO1. The summed E-state index contributed by atoms with van der Waals surface area (Å²) in [5, 5.41) is 4.43. The van der Waals surface area contributed by atoms with Gasteiger partial charge in [-0.15, -0.1) is 0 Å². The van der Waals surface area contributed by atoms with Crippen molar-refractivity contribution >= 4 is 11.9 Å². The molecule has 0 radical (unpaired) electrons. The molecule has 25 heavy (non-hydrogen) atoms. The Labute approximate surface area is 149 Å². The second-order valence-electron chi connectivity index (χ2n) is 7.27. The van der Waals surface area contributed by atoms with E-state index in [1.165, 1.54) is 5.56 Å². The monoisotopic (exact) mass is 342 g/mol. The van der Waals surface area contributed by atoms with Crippen LogP contribution in [0.5, 0.6) is 0 Å². The molecule has 0 spiro atoms. The van der Waals surface area contributed by atoms with Gasteiger partial charge in [0.05, 0.1) is 0 Å². The highest BCUT2D eigenvalue weighted by Gasteiger charge is 2.19. The van der Waals surface area contributed by atoms with Gasteiger partial charge >= 0.3 is 0 Å². The summed E-state index contributed by atoms with van der Waals surface area (Å²) >= 11 is 0. The molecule has 4 heteroatoms. The molecule has 1 aromatic heterocycles.